The van der Waals surface area contributed by atoms with Crippen molar-refractivity contribution in [2.45, 2.75) is 25.4 Å². The summed E-state index contributed by atoms with van der Waals surface area (Å²) in [5, 5.41) is 0. The number of thiocarbonyl (C=S) groups is 1. The minimum absolute atomic E-state index is 0.0206. The molecule has 1 aliphatic carbocycles. The quantitative estimate of drug-likeness (QED) is 0.874. The molecule has 1 heterocycles. The summed E-state index contributed by atoms with van der Waals surface area (Å²) in [6.45, 7) is 0.383. The monoisotopic (exact) mass is 291 g/mol. The highest BCUT2D eigenvalue weighted by atomic mass is 32.1. The second-order valence-electron chi connectivity index (χ2n) is 5.03. The number of rotatable bonds is 4. The highest BCUT2D eigenvalue weighted by molar-refractivity contribution is 7.80. The Morgan fingerprint density at radius 2 is 2.15 bits per heavy atom. The fraction of sp³-hybridized carbons (Fsp3) is 0.286. The second kappa shape index (κ2) is 4.86. The average molecular weight is 291 g/mol. The van der Waals surface area contributed by atoms with E-state index in [1.807, 2.05) is 0 Å². The highest BCUT2D eigenvalue weighted by Gasteiger charge is 2.25. The lowest BCUT2D eigenvalue weighted by Crippen LogP contribution is -2.24. The molecular formula is C14H14FN3OS. The highest BCUT2D eigenvalue weighted by Crippen LogP contribution is 2.33. The molecule has 0 atom stereocenters. The first-order valence-electron chi connectivity index (χ1n) is 6.42. The Labute approximate surface area is 120 Å². The Morgan fingerprint density at radius 1 is 1.40 bits per heavy atom. The maximum Gasteiger partial charge on any atom is 0.328 e. The lowest BCUT2D eigenvalue weighted by molar-refractivity contribution is 0.622. The van der Waals surface area contributed by atoms with Gasteiger partial charge in [-0.1, -0.05) is 18.3 Å². The van der Waals surface area contributed by atoms with E-state index in [1.54, 1.807) is 33.7 Å². The van der Waals surface area contributed by atoms with Crippen LogP contribution in [-0.4, -0.2) is 14.1 Å². The van der Waals surface area contributed by atoms with Crippen LogP contribution in [-0.2, 0) is 6.54 Å². The van der Waals surface area contributed by atoms with E-state index in [0.717, 1.165) is 18.4 Å². The number of hydrogen-bond donors (Lipinski definition) is 1. The summed E-state index contributed by atoms with van der Waals surface area (Å²) < 4.78 is 16.9. The third kappa shape index (κ3) is 2.38. The summed E-state index contributed by atoms with van der Waals surface area (Å²) >= 11 is 4.81. The van der Waals surface area contributed by atoms with Crippen molar-refractivity contribution in [2.75, 3.05) is 0 Å². The van der Waals surface area contributed by atoms with Gasteiger partial charge in [-0.2, -0.15) is 0 Å². The average Bonchev–Trinajstić information content (AvgIpc) is 3.18. The smallest absolute Gasteiger partial charge is 0.328 e. The van der Waals surface area contributed by atoms with Crippen molar-refractivity contribution >= 4 is 17.2 Å². The van der Waals surface area contributed by atoms with Crippen LogP contribution in [0, 0.1) is 5.82 Å². The minimum atomic E-state index is -0.441. The van der Waals surface area contributed by atoms with Gasteiger partial charge in [-0.15, -0.1) is 0 Å². The zero-order chi connectivity index (χ0) is 14.3. The van der Waals surface area contributed by atoms with E-state index in [9.17, 15) is 9.18 Å². The molecule has 3 rings (SSSR count). The van der Waals surface area contributed by atoms with Gasteiger partial charge in [0.25, 0.3) is 0 Å². The molecule has 0 radical (unpaired) electrons. The van der Waals surface area contributed by atoms with E-state index in [0.29, 0.717) is 12.6 Å². The molecule has 104 valence electrons. The first-order chi connectivity index (χ1) is 9.56. The van der Waals surface area contributed by atoms with Crippen LogP contribution in [0.4, 0.5) is 4.39 Å². The van der Waals surface area contributed by atoms with Gasteiger partial charge in [0.1, 0.15) is 10.8 Å². The van der Waals surface area contributed by atoms with Crippen molar-refractivity contribution < 1.29 is 4.39 Å². The standard InChI is InChI=1S/C14H14FN3OS/c15-12-4-1-9(7-11(12)13(16)20)8-17-5-6-18(14(17)19)10-2-3-10/h1,4-7,10H,2-3,8H2,(H2,16,20). The van der Waals surface area contributed by atoms with Crippen LogP contribution >= 0.6 is 12.2 Å². The molecule has 20 heavy (non-hydrogen) atoms. The fourth-order valence-electron chi connectivity index (χ4n) is 2.24. The van der Waals surface area contributed by atoms with Crippen molar-refractivity contribution in [3.63, 3.8) is 0 Å². The minimum Gasteiger partial charge on any atom is -0.389 e. The molecule has 0 amide bonds. The lowest BCUT2D eigenvalue weighted by atomic mass is 10.1. The van der Waals surface area contributed by atoms with Gasteiger partial charge in [-0.05, 0) is 30.5 Å². The molecule has 0 spiro atoms. The number of imidazole rings is 1. The van der Waals surface area contributed by atoms with Crippen LogP contribution in [0.15, 0.2) is 35.4 Å². The zero-order valence-corrected chi connectivity index (χ0v) is 11.6. The lowest BCUT2D eigenvalue weighted by Gasteiger charge is -2.06. The SMILES string of the molecule is NC(=S)c1cc(Cn2ccn(C3CC3)c2=O)ccc1F. The molecular weight excluding hydrogens is 277 g/mol. The van der Waals surface area contributed by atoms with Gasteiger partial charge in [0, 0.05) is 24.0 Å². The van der Waals surface area contributed by atoms with Gasteiger partial charge in [-0.25, -0.2) is 9.18 Å². The van der Waals surface area contributed by atoms with Crippen molar-refractivity contribution in [3.05, 3.63) is 58.0 Å². The second-order valence-corrected chi connectivity index (χ2v) is 5.47. The van der Waals surface area contributed by atoms with E-state index in [4.69, 9.17) is 18.0 Å². The summed E-state index contributed by atoms with van der Waals surface area (Å²) in [4.78, 5) is 12.2. The molecule has 1 fully saturated rings. The van der Waals surface area contributed by atoms with Gasteiger partial charge in [0.15, 0.2) is 0 Å². The number of benzene rings is 1. The van der Waals surface area contributed by atoms with Gasteiger partial charge in [0.2, 0.25) is 0 Å². The number of nitrogens with zero attached hydrogens (tertiary/aromatic N) is 2. The number of nitrogens with two attached hydrogens (primary N) is 1. The van der Waals surface area contributed by atoms with Crippen molar-refractivity contribution in [1.82, 2.24) is 9.13 Å². The molecule has 0 saturated heterocycles. The summed E-state index contributed by atoms with van der Waals surface area (Å²) in [5.74, 6) is -0.441. The summed E-state index contributed by atoms with van der Waals surface area (Å²) in [5.41, 5.74) is 6.46. The summed E-state index contributed by atoms with van der Waals surface area (Å²) in [6, 6.07) is 4.91. The van der Waals surface area contributed by atoms with Crippen molar-refractivity contribution in [2.24, 2.45) is 5.73 Å². The predicted octanol–water partition coefficient (Wildman–Crippen LogP) is 1.81. The maximum atomic E-state index is 13.5. The Hall–Kier alpha value is -1.95. The van der Waals surface area contributed by atoms with E-state index in [1.165, 1.54) is 6.07 Å². The van der Waals surface area contributed by atoms with Gasteiger partial charge in [-0.3, -0.25) is 9.13 Å². The van der Waals surface area contributed by atoms with E-state index in [-0.39, 0.29) is 16.2 Å². The van der Waals surface area contributed by atoms with E-state index < -0.39 is 5.82 Å². The van der Waals surface area contributed by atoms with Crippen LogP contribution in [0.25, 0.3) is 0 Å². The molecule has 2 N–H and O–H groups in total. The molecule has 4 nitrogen and oxygen atoms in total. The molecule has 1 aromatic carbocycles. The summed E-state index contributed by atoms with van der Waals surface area (Å²) in [6.07, 6.45) is 5.68. The number of hydrogen-bond acceptors (Lipinski definition) is 2. The Balaban J connectivity index is 1.89. The van der Waals surface area contributed by atoms with E-state index >= 15 is 0 Å². The van der Waals surface area contributed by atoms with Gasteiger partial charge < -0.3 is 5.73 Å². The van der Waals surface area contributed by atoms with Crippen LogP contribution in [0.5, 0.6) is 0 Å². The molecule has 0 bridgehead atoms. The van der Waals surface area contributed by atoms with Crippen molar-refractivity contribution in [1.29, 1.82) is 0 Å². The molecule has 0 aliphatic heterocycles. The molecule has 1 saturated carbocycles. The molecule has 6 heteroatoms. The third-order valence-corrected chi connectivity index (χ3v) is 3.68. The maximum absolute atomic E-state index is 13.5. The predicted molar refractivity (Wildman–Crippen MR) is 78.4 cm³/mol. The molecule has 1 aliphatic rings. The number of halogens is 1. The first-order valence-corrected chi connectivity index (χ1v) is 6.82. The third-order valence-electron chi connectivity index (χ3n) is 3.46. The zero-order valence-electron chi connectivity index (χ0n) is 10.8. The Kier molecular flexibility index (Phi) is 3.17. The van der Waals surface area contributed by atoms with Crippen LogP contribution < -0.4 is 11.4 Å². The molecule has 2 aromatic rings. The van der Waals surface area contributed by atoms with Crippen LogP contribution in [0.1, 0.15) is 30.0 Å². The molecule has 1 aromatic heterocycles. The fourth-order valence-corrected chi connectivity index (χ4v) is 2.39. The Bertz CT molecular complexity index is 730. The topological polar surface area (TPSA) is 52.9 Å². The Morgan fingerprint density at radius 3 is 2.80 bits per heavy atom. The summed E-state index contributed by atoms with van der Waals surface area (Å²) in [7, 11) is 0. The van der Waals surface area contributed by atoms with Crippen LogP contribution in [0.3, 0.4) is 0 Å². The number of aromatic nitrogens is 2. The van der Waals surface area contributed by atoms with E-state index in [2.05, 4.69) is 0 Å². The van der Waals surface area contributed by atoms with Gasteiger partial charge >= 0.3 is 5.69 Å². The van der Waals surface area contributed by atoms with Crippen LogP contribution in [0.2, 0.25) is 0 Å². The van der Waals surface area contributed by atoms with Gasteiger partial charge in [0.05, 0.1) is 6.54 Å². The van der Waals surface area contributed by atoms with Crippen molar-refractivity contribution in [3.8, 4) is 0 Å². The normalized spacial score (nSPS) is 14.4. The largest absolute Gasteiger partial charge is 0.389 e. The molecule has 0 unspecified atom stereocenters. The first kappa shape index (κ1) is 13.1.